The highest BCUT2D eigenvalue weighted by molar-refractivity contribution is 5.99. The van der Waals surface area contributed by atoms with Crippen molar-refractivity contribution in [3.8, 4) is 0 Å². The molecule has 5 heteroatoms. The van der Waals surface area contributed by atoms with E-state index in [2.05, 4.69) is 16.0 Å². The monoisotopic (exact) mass is 157 g/mol. The van der Waals surface area contributed by atoms with E-state index in [4.69, 9.17) is 0 Å². The molecule has 11 heavy (non-hydrogen) atoms. The summed E-state index contributed by atoms with van der Waals surface area (Å²) in [5.41, 5.74) is 0. The summed E-state index contributed by atoms with van der Waals surface area (Å²) in [5.74, 6) is -0.254. The SMILES string of the molecule is CCNC1CNC(=O)NC1=O. The molecule has 0 aliphatic carbocycles. The Morgan fingerprint density at radius 2 is 2.36 bits per heavy atom. The molecule has 0 spiro atoms. The topological polar surface area (TPSA) is 70.2 Å². The second kappa shape index (κ2) is 3.34. The maximum absolute atomic E-state index is 11.0. The fourth-order valence-corrected chi connectivity index (χ4v) is 0.942. The summed E-state index contributed by atoms with van der Waals surface area (Å²) in [7, 11) is 0. The molecule has 0 aromatic rings. The van der Waals surface area contributed by atoms with Gasteiger partial charge in [-0.05, 0) is 6.54 Å². The van der Waals surface area contributed by atoms with Crippen LogP contribution in [0, 0.1) is 0 Å². The van der Waals surface area contributed by atoms with E-state index >= 15 is 0 Å². The molecule has 1 aliphatic heterocycles. The number of hydrogen-bond donors (Lipinski definition) is 3. The van der Waals surface area contributed by atoms with Gasteiger partial charge in [-0.2, -0.15) is 0 Å². The van der Waals surface area contributed by atoms with Crippen LogP contribution in [0.3, 0.4) is 0 Å². The number of hydrogen-bond acceptors (Lipinski definition) is 3. The Bertz CT molecular complexity index is 181. The van der Waals surface area contributed by atoms with Gasteiger partial charge in [-0.15, -0.1) is 0 Å². The molecule has 1 heterocycles. The van der Waals surface area contributed by atoms with Gasteiger partial charge in [-0.25, -0.2) is 4.79 Å². The largest absolute Gasteiger partial charge is 0.336 e. The minimum Gasteiger partial charge on any atom is -0.336 e. The van der Waals surface area contributed by atoms with Crippen LogP contribution >= 0.6 is 0 Å². The van der Waals surface area contributed by atoms with Gasteiger partial charge >= 0.3 is 6.03 Å². The van der Waals surface area contributed by atoms with Crippen LogP contribution in [-0.2, 0) is 4.79 Å². The van der Waals surface area contributed by atoms with Gasteiger partial charge < -0.3 is 10.6 Å². The van der Waals surface area contributed by atoms with E-state index in [-0.39, 0.29) is 11.9 Å². The van der Waals surface area contributed by atoms with Crippen molar-refractivity contribution >= 4 is 11.9 Å². The van der Waals surface area contributed by atoms with Gasteiger partial charge in [0.1, 0.15) is 6.04 Å². The molecular weight excluding hydrogens is 146 g/mol. The van der Waals surface area contributed by atoms with Crippen LogP contribution in [0.1, 0.15) is 6.92 Å². The third-order valence-electron chi connectivity index (χ3n) is 1.47. The van der Waals surface area contributed by atoms with Gasteiger partial charge in [0, 0.05) is 6.54 Å². The van der Waals surface area contributed by atoms with Crippen molar-refractivity contribution in [3.05, 3.63) is 0 Å². The van der Waals surface area contributed by atoms with E-state index < -0.39 is 6.03 Å². The summed E-state index contributed by atoms with van der Waals surface area (Å²) < 4.78 is 0. The lowest BCUT2D eigenvalue weighted by Crippen LogP contribution is -2.59. The number of imide groups is 1. The first-order valence-electron chi connectivity index (χ1n) is 3.56. The predicted octanol–water partition coefficient (Wildman–Crippen LogP) is -1.20. The average Bonchev–Trinajstić information content (AvgIpc) is 1.95. The number of amides is 3. The highest BCUT2D eigenvalue weighted by atomic mass is 16.2. The second-order valence-corrected chi connectivity index (χ2v) is 2.31. The molecule has 3 amide bonds. The van der Waals surface area contributed by atoms with Gasteiger partial charge in [0.15, 0.2) is 0 Å². The molecule has 1 atom stereocenters. The Hall–Kier alpha value is -1.10. The van der Waals surface area contributed by atoms with Gasteiger partial charge in [-0.3, -0.25) is 10.1 Å². The lowest BCUT2D eigenvalue weighted by Gasteiger charge is -2.22. The Balaban J connectivity index is 2.44. The molecule has 0 bridgehead atoms. The van der Waals surface area contributed by atoms with Crippen molar-refractivity contribution in [1.82, 2.24) is 16.0 Å². The number of carbonyl (C=O) groups is 2. The predicted molar refractivity (Wildman–Crippen MR) is 39.0 cm³/mol. The Morgan fingerprint density at radius 1 is 1.64 bits per heavy atom. The Labute approximate surface area is 64.5 Å². The van der Waals surface area contributed by atoms with Crippen molar-refractivity contribution in [2.24, 2.45) is 0 Å². The van der Waals surface area contributed by atoms with E-state index in [1.807, 2.05) is 6.92 Å². The second-order valence-electron chi connectivity index (χ2n) is 2.31. The van der Waals surface area contributed by atoms with E-state index in [1.165, 1.54) is 0 Å². The maximum atomic E-state index is 11.0. The fraction of sp³-hybridized carbons (Fsp3) is 0.667. The fourth-order valence-electron chi connectivity index (χ4n) is 0.942. The van der Waals surface area contributed by atoms with Crippen LogP contribution in [0.25, 0.3) is 0 Å². The zero-order valence-electron chi connectivity index (χ0n) is 6.31. The molecule has 5 nitrogen and oxygen atoms in total. The first-order chi connectivity index (χ1) is 5.24. The smallest absolute Gasteiger partial charge is 0.321 e. The van der Waals surface area contributed by atoms with Crippen LogP contribution in [0.5, 0.6) is 0 Å². The molecule has 1 fully saturated rings. The molecule has 0 aromatic heterocycles. The van der Waals surface area contributed by atoms with Gasteiger partial charge in [0.25, 0.3) is 0 Å². The van der Waals surface area contributed by atoms with Crippen LogP contribution in [0.4, 0.5) is 4.79 Å². The van der Waals surface area contributed by atoms with Crippen LogP contribution in [-0.4, -0.2) is 31.1 Å². The molecule has 1 saturated heterocycles. The van der Waals surface area contributed by atoms with Crippen LogP contribution in [0.2, 0.25) is 0 Å². The minimum absolute atomic E-state index is 0.254. The van der Waals surface area contributed by atoms with Crippen molar-refractivity contribution in [3.63, 3.8) is 0 Å². The summed E-state index contributed by atoms with van der Waals surface area (Å²) >= 11 is 0. The average molecular weight is 157 g/mol. The van der Waals surface area contributed by atoms with E-state index in [0.717, 1.165) is 0 Å². The molecule has 1 unspecified atom stereocenters. The molecular formula is C6H11N3O2. The van der Waals surface area contributed by atoms with Crippen LogP contribution < -0.4 is 16.0 Å². The third kappa shape index (κ3) is 1.91. The highest BCUT2D eigenvalue weighted by Gasteiger charge is 2.24. The van der Waals surface area contributed by atoms with Crippen molar-refractivity contribution in [1.29, 1.82) is 0 Å². The molecule has 1 aliphatic rings. The molecule has 0 aromatic carbocycles. The highest BCUT2D eigenvalue weighted by Crippen LogP contribution is 1.87. The zero-order chi connectivity index (χ0) is 8.27. The van der Waals surface area contributed by atoms with E-state index in [9.17, 15) is 9.59 Å². The van der Waals surface area contributed by atoms with E-state index in [1.54, 1.807) is 0 Å². The first kappa shape index (κ1) is 8.00. The molecule has 62 valence electrons. The van der Waals surface area contributed by atoms with Crippen molar-refractivity contribution in [2.75, 3.05) is 13.1 Å². The number of urea groups is 1. The number of carbonyl (C=O) groups excluding carboxylic acids is 2. The standard InChI is InChI=1S/C6H11N3O2/c1-2-7-4-3-8-6(11)9-5(4)10/h4,7H,2-3H2,1H3,(H2,8,9,10,11). The normalized spacial score (nSPS) is 24.3. The third-order valence-corrected chi connectivity index (χ3v) is 1.47. The Kier molecular flexibility index (Phi) is 2.43. The molecule has 0 saturated carbocycles. The van der Waals surface area contributed by atoms with Crippen molar-refractivity contribution < 1.29 is 9.59 Å². The number of nitrogens with one attached hydrogen (secondary N) is 3. The Morgan fingerprint density at radius 3 is 2.91 bits per heavy atom. The van der Waals surface area contributed by atoms with E-state index in [0.29, 0.717) is 13.1 Å². The minimum atomic E-state index is -0.413. The van der Waals surface area contributed by atoms with Gasteiger partial charge in [0.05, 0.1) is 0 Å². The number of likely N-dealkylation sites (N-methyl/N-ethyl adjacent to an activating group) is 1. The van der Waals surface area contributed by atoms with Crippen LogP contribution in [0.15, 0.2) is 0 Å². The summed E-state index contributed by atoms with van der Waals surface area (Å²) in [4.78, 5) is 21.5. The zero-order valence-corrected chi connectivity index (χ0v) is 6.31. The maximum Gasteiger partial charge on any atom is 0.321 e. The lowest BCUT2D eigenvalue weighted by molar-refractivity contribution is -0.122. The summed E-state index contributed by atoms with van der Waals surface area (Å²) in [6.07, 6.45) is 0. The molecule has 0 radical (unpaired) electrons. The summed E-state index contributed by atoms with van der Waals surface area (Å²) in [5, 5.41) is 7.60. The lowest BCUT2D eigenvalue weighted by atomic mass is 10.2. The summed E-state index contributed by atoms with van der Waals surface area (Å²) in [6, 6.07) is -0.693. The first-order valence-corrected chi connectivity index (χ1v) is 3.56. The van der Waals surface area contributed by atoms with Gasteiger partial charge in [0.2, 0.25) is 5.91 Å². The number of rotatable bonds is 2. The molecule has 3 N–H and O–H groups in total. The van der Waals surface area contributed by atoms with Crippen molar-refractivity contribution in [2.45, 2.75) is 13.0 Å². The molecule has 1 rings (SSSR count). The van der Waals surface area contributed by atoms with Gasteiger partial charge in [-0.1, -0.05) is 6.92 Å². The summed E-state index contributed by atoms with van der Waals surface area (Å²) in [6.45, 7) is 3.00. The quantitative estimate of drug-likeness (QED) is 0.471.